The van der Waals surface area contributed by atoms with Gasteiger partial charge in [0.05, 0.1) is 34.8 Å². The lowest BCUT2D eigenvalue weighted by molar-refractivity contribution is 0.0593. The average molecular weight is 344 g/mol. The van der Waals surface area contributed by atoms with E-state index in [1.54, 1.807) is 18.2 Å². The zero-order valence-corrected chi connectivity index (χ0v) is 13.1. The highest BCUT2D eigenvalue weighted by Crippen LogP contribution is 2.30. The van der Waals surface area contributed by atoms with Gasteiger partial charge in [-0.15, -0.1) is 5.10 Å². The summed E-state index contributed by atoms with van der Waals surface area (Å²) in [5.74, 6) is -0.683. The number of nitrogens with two attached hydrogens (primary N) is 1. The number of hydrogen-bond acceptors (Lipinski definition) is 7. The van der Waals surface area contributed by atoms with E-state index < -0.39 is 5.97 Å². The molecule has 2 heterocycles. The molecule has 2 N–H and O–H groups in total. The maximum atomic E-state index is 12.1. The Morgan fingerprint density at radius 2 is 2.25 bits per heavy atom. The fourth-order valence-corrected chi connectivity index (χ4v) is 2.42. The average Bonchev–Trinajstić information content (AvgIpc) is 3.22. The van der Waals surface area contributed by atoms with E-state index in [1.165, 1.54) is 28.9 Å². The maximum Gasteiger partial charge on any atom is 0.357 e. The van der Waals surface area contributed by atoms with E-state index in [9.17, 15) is 10.1 Å². The summed E-state index contributed by atoms with van der Waals surface area (Å²) in [5, 5.41) is 20.5. The number of carbonyl (C=O) groups excluding carboxylic acids is 1. The molecule has 0 aliphatic carbocycles. The Morgan fingerprint density at radius 1 is 1.46 bits per heavy atom. The maximum absolute atomic E-state index is 12.1. The largest absolute Gasteiger partial charge is 0.464 e. The van der Waals surface area contributed by atoms with E-state index >= 15 is 0 Å². The number of halogens is 1. The van der Waals surface area contributed by atoms with Crippen LogP contribution in [0.5, 0.6) is 0 Å². The molecule has 3 rings (SSSR count). The lowest BCUT2D eigenvalue weighted by atomic mass is 10.2. The third kappa shape index (κ3) is 2.45. The lowest BCUT2D eigenvalue weighted by Gasteiger charge is -2.11. The molecule has 0 aliphatic heterocycles. The predicted octanol–water partition coefficient (Wildman–Crippen LogP) is 1.35. The summed E-state index contributed by atoms with van der Waals surface area (Å²) in [5.41, 5.74) is 7.11. The molecule has 10 heteroatoms. The molecule has 0 aliphatic rings. The van der Waals surface area contributed by atoms with Crippen LogP contribution in [-0.4, -0.2) is 37.9 Å². The normalized spacial score (nSPS) is 10.4. The van der Waals surface area contributed by atoms with E-state index in [2.05, 4.69) is 15.5 Å². The molecule has 0 amide bonds. The summed E-state index contributed by atoms with van der Waals surface area (Å²) in [6.45, 7) is 0. The first kappa shape index (κ1) is 15.5. The number of carbonyl (C=O) groups is 1. The van der Waals surface area contributed by atoms with Crippen LogP contribution in [0.25, 0.3) is 11.4 Å². The molecule has 0 atom stereocenters. The summed E-state index contributed by atoms with van der Waals surface area (Å²) < 4.78 is 7.59. The number of hydrogen-bond donors (Lipinski definition) is 1. The molecule has 0 radical (unpaired) electrons. The molecule has 0 saturated heterocycles. The monoisotopic (exact) mass is 343 g/mol. The number of anilines is 1. The number of benzene rings is 1. The van der Waals surface area contributed by atoms with E-state index in [0.29, 0.717) is 16.4 Å². The Hall–Kier alpha value is -3.38. The smallest absolute Gasteiger partial charge is 0.357 e. The molecule has 24 heavy (non-hydrogen) atoms. The summed E-state index contributed by atoms with van der Waals surface area (Å²) in [4.78, 5) is 12.1. The van der Waals surface area contributed by atoms with Gasteiger partial charge in [-0.1, -0.05) is 11.6 Å². The molecule has 0 unspecified atom stereocenters. The Kier molecular flexibility index (Phi) is 3.89. The number of aromatic nitrogens is 5. The van der Waals surface area contributed by atoms with Crippen LogP contribution in [0.1, 0.15) is 16.1 Å². The molecule has 2 aromatic heterocycles. The summed E-state index contributed by atoms with van der Waals surface area (Å²) >= 11 is 6.26. The highest BCUT2D eigenvalue weighted by molar-refractivity contribution is 6.32. The molecule has 1 aromatic carbocycles. The van der Waals surface area contributed by atoms with Crippen molar-refractivity contribution in [2.75, 3.05) is 12.8 Å². The van der Waals surface area contributed by atoms with Gasteiger partial charge >= 0.3 is 5.97 Å². The first-order valence-electron chi connectivity index (χ1n) is 6.59. The molecule has 0 fully saturated rings. The van der Waals surface area contributed by atoms with Crippen molar-refractivity contribution >= 4 is 23.3 Å². The molecule has 0 bridgehead atoms. The second-order valence-electron chi connectivity index (χ2n) is 4.67. The molecular weight excluding hydrogens is 334 g/mol. The van der Waals surface area contributed by atoms with Gasteiger partial charge in [0, 0.05) is 6.20 Å². The quantitative estimate of drug-likeness (QED) is 0.711. The lowest BCUT2D eigenvalue weighted by Crippen LogP contribution is -2.11. The van der Waals surface area contributed by atoms with Crippen molar-refractivity contribution in [2.45, 2.75) is 0 Å². The van der Waals surface area contributed by atoms with E-state index in [-0.39, 0.29) is 16.9 Å². The van der Waals surface area contributed by atoms with Crippen LogP contribution in [0.2, 0.25) is 5.02 Å². The SMILES string of the molecule is COC(=O)c1c(N)c(C#N)cn1-c1cc(-n2cnnn2)ccc1Cl. The molecule has 0 spiro atoms. The first-order valence-corrected chi connectivity index (χ1v) is 6.97. The third-order valence-electron chi connectivity index (χ3n) is 3.35. The van der Waals surface area contributed by atoms with E-state index in [4.69, 9.17) is 22.1 Å². The minimum atomic E-state index is -0.683. The summed E-state index contributed by atoms with van der Waals surface area (Å²) in [6, 6.07) is 6.92. The Balaban J connectivity index is 2.24. The second-order valence-corrected chi connectivity index (χ2v) is 5.08. The van der Waals surface area contributed by atoms with E-state index in [1.807, 2.05) is 6.07 Å². The van der Waals surface area contributed by atoms with Gasteiger partial charge in [-0.2, -0.15) is 5.26 Å². The Morgan fingerprint density at radius 3 is 2.88 bits per heavy atom. The Labute approximate surface area is 140 Å². The van der Waals surface area contributed by atoms with Crippen molar-refractivity contribution in [3.05, 3.63) is 47.0 Å². The van der Waals surface area contributed by atoms with Crippen LogP contribution in [0, 0.1) is 11.3 Å². The highest BCUT2D eigenvalue weighted by Gasteiger charge is 2.23. The predicted molar refractivity (Wildman–Crippen MR) is 84.0 cm³/mol. The van der Waals surface area contributed by atoms with Crippen molar-refractivity contribution < 1.29 is 9.53 Å². The van der Waals surface area contributed by atoms with Crippen LogP contribution in [0.4, 0.5) is 5.69 Å². The summed E-state index contributed by atoms with van der Waals surface area (Å²) in [7, 11) is 1.23. The van der Waals surface area contributed by atoms with Crippen molar-refractivity contribution in [1.82, 2.24) is 24.8 Å². The van der Waals surface area contributed by atoms with Gasteiger partial charge < -0.3 is 15.0 Å². The van der Waals surface area contributed by atoms with Gasteiger partial charge in [-0.05, 0) is 28.6 Å². The van der Waals surface area contributed by atoms with Crippen LogP contribution in [0.15, 0.2) is 30.7 Å². The second kappa shape index (κ2) is 6.02. The molecule has 120 valence electrons. The van der Waals surface area contributed by atoms with Crippen molar-refractivity contribution in [3.8, 4) is 17.4 Å². The van der Waals surface area contributed by atoms with Gasteiger partial charge in [-0.25, -0.2) is 9.48 Å². The van der Waals surface area contributed by atoms with Gasteiger partial charge in [0.1, 0.15) is 12.4 Å². The molecule has 0 saturated carbocycles. The minimum absolute atomic E-state index is 0.0183. The molecule has 3 aromatic rings. The highest BCUT2D eigenvalue weighted by atomic mass is 35.5. The zero-order chi connectivity index (χ0) is 17.3. The number of tetrazole rings is 1. The fraction of sp³-hybridized carbons (Fsp3) is 0.0714. The van der Waals surface area contributed by atoms with Crippen LogP contribution < -0.4 is 5.73 Å². The third-order valence-corrected chi connectivity index (χ3v) is 3.67. The van der Waals surface area contributed by atoms with Crippen molar-refractivity contribution in [2.24, 2.45) is 0 Å². The first-order chi connectivity index (χ1) is 11.6. The van der Waals surface area contributed by atoms with Gasteiger partial charge in [0.25, 0.3) is 0 Å². The molecule has 9 nitrogen and oxygen atoms in total. The van der Waals surface area contributed by atoms with Crippen LogP contribution in [-0.2, 0) is 4.74 Å². The summed E-state index contributed by atoms with van der Waals surface area (Å²) in [6.07, 6.45) is 2.84. The number of ether oxygens (including phenoxy) is 1. The topological polar surface area (TPSA) is 125 Å². The zero-order valence-electron chi connectivity index (χ0n) is 12.3. The Bertz CT molecular complexity index is 956. The fourth-order valence-electron chi connectivity index (χ4n) is 2.21. The number of methoxy groups -OCH3 is 1. The number of nitrogen functional groups attached to an aromatic ring is 1. The number of nitrogens with zero attached hydrogens (tertiary/aromatic N) is 6. The van der Waals surface area contributed by atoms with Gasteiger partial charge in [-0.3, -0.25) is 0 Å². The standard InChI is InChI=1S/C14H10ClN7O2/c1-24-14(23)13-12(17)8(5-16)6-21(13)11-4-9(2-3-10(11)15)22-7-18-19-20-22/h2-4,6-7H,17H2,1H3. The van der Waals surface area contributed by atoms with Crippen molar-refractivity contribution in [1.29, 1.82) is 5.26 Å². The number of esters is 1. The van der Waals surface area contributed by atoms with Gasteiger partial charge in [0.2, 0.25) is 0 Å². The minimum Gasteiger partial charge on any atom is -0.464 e. The van der Waals surface area contributed by atoms with Crippen molar-refractivity contribution in [3.63, 3.8) is 0 Å². The van der Waals surface area contributed by atoms with Crippen LogP contribution >= 0.6 is 11.6 Å². The van der Waals surface area contributed by atoms with E-state index in [0.717, 1.165) is 0 Å². The number of nitriles is 1. The van der Waals surface area contributed by atoms with Gasteiger partial charge in [0.15, 0.2) is 5.69 Å². The molecular formula is C14H10ClN7O2. The number of rotatable bonds is 3. The van der Waals surface area contributed by atoms with Crippen LogP contribution in [0.3, 0.4) is 0 Å².